The van der Waals surface area contributed by atoms with Gasteiger partial charge < -0.3 is 4.42 Å². The van der Waals surface area contributed by atoms with Crippen LogP contribution in [0.4, 0.5) is 0 Å². The molecule has 10 aromatic rings. The lowest BCUT2D eigenvalue weighted by molar-refractivity contribution is 0.675. The normalized spacial score (nSPS) is 11.8. The van der Waals surface area contributed by atoms with E-state index >= 15 is 0 Å². The Balaban J connectivity index is 1.40. The molecule has 0 saturated carbocycles. The van der Waals surface area contributed by atoms with Crippen molar-refractivity contribution in [1.29, 1.82) is 0 Å². The van der Waals surface area contributed by atoms with Gasteiger partial charge in [-0.1, -0.05) is 115 Å². The first-order valence-electron chi connectivity index (χ1n) is 29.4. The molecule has 348 valence electrons. The zero-order valence-corrected chi connectivity index (χ0v) is 54.4. The summed E-state index contributed by atoms with van der Waals surface area (Å²) in [7, 11) is 71.1. The van der Waals surface area contributed by atoms with Crippen molar-refractivity contribution in [1.82, 2.24) is 0 Å². The van der Waals surface area contributed by atoms with Crippen molar-refractivity contribution in [3.05, 3.63) is 0 Å². The largest absolute Gasteiger partial charge is 0.457 e. The summed E-state index contributed by atoms with van der Waals surface area (Å²) in [5.41, 5.74) is 54.2. The van der Waals surface area contributed by atoms with Crippen LogP contribution < -0.4 is 164 Å². The minimum Gasteiger partial charge on any atom is -0.457 e. The van der Waals surface area contributed by atoms with Gasteiger partial charge in [-0.15, -0.1) is 49.2 Å². The molecule has 0 aliphatic heterocycles. The van der Waals surface area contributed by atoms with E-state index in [0.717, 1.165) is 11.2 Å². The summed E-state index contributed by atoms with van der Waals surface area (Å²) in [4.78, 5) is 0. The van der Waals surface area contributed by atoms with Crippen molar-refractivity contribution in [2.75, 3.05) is 0 Å². The highest BCUT2D eigenvalue weighted by molar-refractivity contribution is 6.77. The Morgan fingerprint density at radius 1 is 0.114 bits per heavy atom. The Morgan fingerprint density at radius 2 is 0.291 bits per heavy atom. The Bertz CT molecular complexity index is 4430. The Kier molecular flexibility index (Phi) is 14.3. The maximum Gasteiger partial charge on any atom is 0.143 e. The van der Waals surface area contributed by atoms with Gasteiger partial charge in [0.2, 0.25) is 0 Å². The summed E-state index contributed by atoms with van der Waals surface area (Å²) in [6, 6.07) is 0. The van der Waals surface area contributed by atoms with Crippen LogP contribution in [0.3, 0.4) is 0 Å². The van der Waals surface area contributed by atoms with Crippen molar-refractivity contribution in [2.45, 2.75) is 0 Å². The standard InChI is InChI=1S/C48H60B30O/c49-17-9(34(66)46(78)48-16(17)8-7-11(35(67)45(77)47(8)79-48)31(63)41(73)40(72)22(7)54)1-3-5(20(52)38(70)36(68)18(3)50)2(6-4(1)19(51)37(69)39(71)21(6)53)10-23(55)25(57)12(26(58)24(10)56)13-27(59)29(61)14(30(62)28(13)60)15-32(64)42(74)44(76)43(75)33(15)65/h49-78H2. The van der Waals surface area contributed by atoms with Crippen LogP contribution in [0.15, 0.2) is 4.42 Å². The molecule has 0 saturated heterocycles. The maximum atomic E-state index is 7.29. The first-order chi connectivity index (χ1) is 36.8. The number of benzene rings is 9. The minimum atomic E-state index is 1.03. The Hall–Kier alpha value is -4.49. The van der Waals surface area contributed by atoms with Gasteiger partial charge in [0.1, 0.15) is 247 Å². The zero-order valence-electron chi connectivity index (χ0n) is 54.4. The molecule has 1 nitrogen and oxygen atoms in total. The molecule has 0 atom stereocenters. The average molecular weight is 977 g/mol. The molecule has 0 bridgehead atoms. The third-order valence-corrected chi connectivity index (χ3v) is 22.8. The van der Waals surface area contributed by atoms with Crippen molar-refractivity contribution in [3.8, 4) is 44.5 Å². The molecule has 0 unspecified atom stereocenters. The van der Waals surface area contributed by atoms with Crippen molar-refractivity contribution in [2.24, 2.45) is 0 Å². The fourth-order valence-electron chi connectivity index (χ4n) is 15.8. The summed E-state index contributed by atoms with van der Waals surface area (Å²) in [6.07, 6.45) is 0. The van der Waals surface area contributed by atoms with Gasteiger partial charge in [0, 0.05) is 10.8 Å². The minimum absolute atomic E-state index is 1.03. The van der Waals surface area contributed by atoms with Crippen molar-refractivity contribution >= 4 is 454 Å². The van der Waals surface area contributed by atoms with Gasteiger partial charge in [-0.3, -0.25) is 0 Å². The smallest absolute Gasteiger partial charge is 0.143 e. The van der Waals surface area contributed by atoms with E-state index < -0.39 is 0 Å². The van der Waals surface area contributed by atoms with E-state index in [1.807, 2.05) is 0 Å². The van der Waals surface area contributed by atoms with Crippen LogP contribution in [-0.2, 0) is 0 Å². The van der Waals surface area contributed by atoms with E-state index in [-0.39, 0.29) is 0 Å². The molecule has 0 N–H and O–H groups in total. The second-order valence-electron chi connectivity index (χ2n) is 25.5. The van der Waals surface area contributed by atoms with Gasteiger partial charge in [0.15, 0.2) is 0 Å². The van der Waals surface area contributed by atoms with Gasteiger partial charge in [0.25, 0.3) is 0 Å². The molecule has 1 aromatic heterocycles. The number of rotatable bonds is 4. The van der Waals surface area contributed by atoms with E-state index in [9.17, 15) is 0 Å². The van der Waals surface area contributed by atoms with Crippen LogP contribution in [-0.4, -0.2) is 235 Å². The van der Waals surface area contributed by atoms with Crippen LogP contribution in [0.5, 0.6) is 0 Å². The number of hydrogen-bond acceptors (Lipinski definition) is 1. The van der Waals surface area contributed by atoms with E-state index in [0.29, 0.717) is 0 Å². The first kappa shape index (κ1) is 57.7. The fourth-order valence-corrected chi connectivity index (χ4v) is 15.8. The van der Waals surface area contributed by atoms with Crippen molar-refractivity contribution < 1.29 is 4.42 Å². The highest BCUT2D eigenvalue weighted by Crippen LogP contribution is 2.40. The predicted octanol–water partition coefficient (Wildman–Crippen LogP) is -38.5. The molecule has 10 rings (SSSR count). The molecule has 1 heterocycles. The number of furan rings is 1. The van der Waals surface area contributed by atoms with Gasteiger partial charge in [0.05, 0.1) is 0 Å². The van der Waals surface area contributed by atoms with E-state index in [2.05, 4.69) is 235 Å². The number of hydrogen-bond donors (Lipinski definition) is 0. The summed E-state index contributed by atoms with van der Waals surface area (Å²) >= 11 is 0. The molecule has 0 amide bonds. The van der Waals surface area contributed by atoms with Crippen LogP contribution in [0.2, 0.25) is 0 Å². The van der Waals surface area contributed by atoms with Crippen molar-refractivity contribution in [3.63, 3.8) is 0 Å². The lowest BCUT2D eigenvalue weighted by Crippen LogP contribution is -2.57. The summed E-state index contributed by atoms with van der Waals surface area (Å²) in [5, 5.41) is 10.8. The molecule has 0 radical (unpaired) electrons. The SMILES string of the molecule is Bc1c(B)c(B)c(-c2c(B)c(B)c(-c3c(B)c(B)c(-c4c5c(B)c(B)c(B)c(B)c5c(-c5c(B)c(B)c6oc7c(B)c(B)c8c(B)c(B)c(B)c(B)c8c7c6c5B)c5c(B)c(B)c(B)c(B)c45)c(B)c3B)c(B)c2B)c(B)c1B. The molecule has 0 aliphatic rings. The lowest BCUT2D eigenvalue weighted by Gasteiger charge is -2.32. The topological polar surface area (TPSA) is 13.1 Å². The lowest BCUT2D eigenvalue weighted by atomic mass is 9.54. The van der Waals surface area contributed by atoms with Crippen LogP contribution in [0.25, 0.3) is 98.8 Å². The molecular weight excluding hydrogens is 917 g/mol. The zero-order chi connectivity index (χ0) is 58.4. The molecule has 79 heavy (non-hydrogen) atoms. The monoisotopic (exact) mass is 983 g/mol. The van der Waals surface area contributed by atoms with Crippen LogP contribution >= 0.6 is 0 Å². The summed E-state index contributed by atoms with van der Waals surface area (Å²) in [6.45, 7) is 0. The third kappa shape index (κ3) is 7.52. The second-order valence-corrected chi connectivity index (χ2v) is 25.5. The third-order valence-electron chi connectivity index (χ3n) is 22.8. The van der Waals surface area contributed by atoms with Gasteiger partial charge >= 0.3 is 0 Å². The van der Waals surface area contributed by atoms with Crippen LogP contribution in [0.1, 0.15) is 0 Å². The molecule has 9 aromatic carbocycles. The van der Waals surface area contributed by atoms with Gasteiger partial charge in [-0.2, -0.15) is 0 Å². The average Bonchev–Trinajstić information content (AvgIpc) is 3.90. The van der Waals surface area contributed by atoms with Gasteiger partial charge in [-0.05, 0) is 76.8 Å². The molecule has 0 fully saturated rings. The summed E-state index contributed by atoms with van der Waals surface area (Å²) < 4.78 is 7.29. The molecule has 31 heteroatoms. The van der Waals surface area contributed by atoms with E-state index in [1.165, 1.54) is 251 Å². The fraction of sp³-hybridized carbons (Fsp3) is 0. The molecular formula is C48H60B30O. The van der Waals surface area contributed by atoms with E-state index in [1.54, 1.807) is 0 Å². The van der Waals surface area contributed by atoms with Crippen LogP contribution in [0, 0.1) is 0 Å². The predicted molar refractivity (Wildman–Crippen MR) is 453 cm³/mol. The summed E-state index contributed by atoms with van der Waals surface area (Å²) in [5.74, 6) is 0. The maximum absolute atomic E-state index is 7.29. The Labute approximate surface area is 498 Å². The highest BCUT2D eigenvalue weighted by Gasteiger charge is 2.32. The first-order valence-corrected chi connectivity index (χ1v) is 29.4. The van der Waals surface area contributed by atoms with Gasteiger partial charge in [-0.25, -0.2) is 0 Å². The van der Waals surface area contributed by atoms with E-state index in [4.69, 9.17) is 4.42 Å². The Morgan fingerprint density at radius 3 is 0.608 bits per heavy atom. The highest BCUT2D eigenvalue weighted by atomic mass is 16.3. The molecule has 0 aliphatic carbocycles. The second kappa shape index (κ2) is 19.6. The number of fused-ring (bicyclic) bond motifs is 7. The quantitative estimate of drug-likeness (QED) is 0.127. The molecule has 0 spiro atoms.